The third kappa shape index (κ3) is 4.13. The summed E-state index contributed by atoms with van der Waals surface area (Å²) in [7, 11) is 0. The summed E-state index contributed by atoms with van der Waals surface area (Å²) in [6.07, 6.45) is 14.1. The van der Waals surface area contributed by atoms with E-state index < -0.39 is 0 Å². The van der Waals surface area contributed by atoms with E-state index in [9.17, 15) is 4.39 Å². The molecule has 134 valence electrons. The lowest BCUT2D eigenvalue weighted by atomic mass is 9.76. The standard InChI is InChI=1S/C22H33FO/c1-3-5-6-7-16-8-10-18(11-9-16)21-13-12-19-14-17(4-2)20(23)15-22(19)24-21/h14-16,18,21H,3-13H2,1-2H3. The predicted octanol–water partition coefficient (Wildman–Crippen LogP) is 6.47. The van der Waals surface area contributed by atoms with Crippen molar-refractivity contribution in [3.05, 3.63) is 29.1 Å². The first kappa shape index (κ1) is 17.8. The van der Waals surface area contributed by atoms with Crippen LogP contribution in [0.5, 0.6) is 5.75 Å². The molecule has 0 aromatic heterocycles. The molecule has 1 heterocycles. The Morgan fingerprint density at radius 1 is 1.04 bits per heavy atom. The molecule has 1 unspecified atom stereocenters. The summed E-state index contributed by atoms with van der Waals surface area (Å²) in [6, 6.07) is 3.65. The van der Waals surface area contributed by atoms with Crippen molar-refractivity contribution in [3.8, 4) is 5.75 Å². The Kier molecular flexibility index (Phi) is 6.19. The average Bonchev–Trinajstić information content (AvgIpc) is 2.61. The first-order valence-corrected chi connectivity index (χ1v) is 10.2. The normalized spacial score (nSPS) is 26.7. The number of aryl methyl sites for hydroxylation is 2. The van der Waals surface area contributed by atoms with Crippen molar-refractivity contribution in [2.45, 2.75) is 90.6 Å². The van der Waals surface area contributed by atoms with Crippen LogP contribution in [0.3, 0.4) is 0 Å². The lowest BCUT2D eigenvalue weighted by Gasteiger charge is -2.36. The van der Waals surface area contributed by atoms with Crippen LogP contribution in [0, 0.1) is 17.7 Å². The highest BCUT2D eigenvalue weighted by molar-refractivity contribution is 5.40. The molecule has 0 bridgehead atoms. The Bertz CT molecular complexity index is 531. The first-order valence-electron chi connectivity index (χ1n) is 10.2. The average molecular weight is 333 g/mol. The maximum Gasteiger partial charge on any atom is 0.130 e. The zero-order valence-electron chi connectivity index (χ0n) is 15.5. The van der Waals surface area contributed by atoms with Gasteiger partial charge in [0.2, 0.25) is 0 Å². The van der Waals surface area contributed by atoms with E-state index in [1.807, 2.05) is 13.0 Å². The van der Waals surface area contributed by atoms with E-state index in [0.29, 0.717) is 12.0 Å². The first-order chi connectivity index (χ1) is 11.7. The predicted molar refractivity (Wildman–Crippen MR) is 98.1 cm³/mol. The van der Waals surface area contributed by atoms with Crippen molar-refractivity contribution in [3.63, 3.8) is 0 Å². The van der Waals surface area contributed by atoms with Crippen LogP contribution >= 0.6 is 0 Å². The minimum absolute atomic E-state index is 0.100. The monoisotopic (exact) mass is 332 g/mol. The molecule has 1 nitrogen and oxygen atoms in total. The van der Waals surface area contributed by atoms with Gasteiger partial charge in [-0.3, -0.25) is 0 Å². The number of hydrogen-bond donors (Lipinski definition) is 0. The van der Waals surface area contributed by atoms with Crippen molar-refractivity contribution in [1.29, 1.82) is 0 Å². The number of hydrogen-bond acceptors (Lipinski definition) is 1. The summed E-state index contributed by atoms with van der Waals surface area (Å²) in [6.45, 7) is 4.29. The summed E-state index contributed by atoms with van der Waals surface area (Å²) in [5, 5.41) is 0. The fraction of sp³-hybridized carbons (Fsp3) is 0.727. The molecule has 0 saturated heterocycles. The number of fused-ring (bicyclic) bond motifs is 1. The van der Waals surface area contributed by atoms with Gasteiger partial charge in [-0.05, 0) is 61.1 Å². The van der Waals surface area contributed by atoms with Crippen LogP contribution in [0.2, 0.25) is 0 Å². The second-order valence-electron chi connectivity index (χ2n) is 7.88. The smallest absolute Gasteiger partial charge is 0.130 e. The molecule has 2 heteroatoms. The van der Waals surface area contributed by atoms with E-state index in [1.165, 1.54) is 56.9 Å². The van der Waals surface area contributed by atoms with Gasteiger partial charge in [0, 0.05) is 6.07 Å². The van der Waals surface area contributed by atoms with Gasteiger partial charge in [0.05, 0.1) is 0 Å². The van der Waals surface area contributed by atoms with Crippen molar-refractivity contribution >= 4 is 0 Å². The molecule has 0 amide bonds. The third-order valence-corrected chi connectivity index (χ3v) is 6.22. The summed E-state index contributed by atoms with van der Waals surface area (Å²) < 4.78 is 20.3. The minimum atomic E-state index is -0.100. The van der Waals surface area contributed by atoms with Gasteiger partial charge < -0.3 is 4.74 Å². The molecule has 1 atom stereocenters. The molecule has 1 fully saturated rings. The topological polar surface area (TPSA) is 9.23 Å². The quantitative estimate of drug-likeness (QED) is 0.543. The number of unbranched alkanes of at least 4 members (excludes halogenated alkanes) is 2. The van der Waals surface area contributed by atoms with Crippen LogP contribution in [-0.2, 0) is 12.8 Å². The number of benzene rings is 1. The molecule has 1 aliphatic carbocycles. The van der Waals surface area contributed by atoms with Crippen LogP contribution in [0.25, 0.3) is 0 Å². The van der Waals surface area contributed by atoms with Gasteiger partial charge in [-0.25, -0.2) is 4.39 Å². The molecule has 1 aliphatic heterocycles. The molecule has 1 aromatic rings. The van der Waals surface area contributed by atoms with E-state index >= 15 is 0 Å². The van der Waals surface area contributed by atoms with E-state index in [-0.39, 0.29) is 5.82 Å². The van der Waals surface area contributed by atoms with E-state index in [4.69, 9.17) is 4.74 Å². The Morgan fingerprint density at radius 3 is 2.54 bits per heavy atom. The van der Waals surface area contributed by atoms with E-state index in [1.54, 1.807) is 6.07 Å². The summed E-state index contributed by atoms with van der Waals surface area (Å²) in [5.74, 6) is 2.32. The summed E-state index contributed by atoms with van der Waals surface area (Å²) in [4.78, 5) is 0. The van der Waals surface area contributed by atoms with Crippen molar-refractivity contribution in [1.82, 2.24) is 0 Å². The lowest BCUT2D eigenvalue weighted by molar-refractivity contribution is 0.0752. The fourth-order valence-electron chi connectivity index (χ4n) is 4.61. The molecule has 1 saturated carbocycles. The Labute approximate surface area is 147 Å². The maximum atomic E-state index is 14.1. The highest BCUT2D eigenvalue weighted by Crippen LogP contribution is 2.39. The van der Waals surface area contributed by atoms with E-state index in [0.717, 1.165) is 36.5 Å². The van der Waals surface area contributed by atoms with Crippen molar-refractivity contribution in [2.75, 3.05) is 0 Å². The zero-order chi connectivity index (χ0) is 16.9. The van der Waals surface area contributed by atoms with Gasteiger partial charge in [0.25, 0.3) is 0 Å². The third-order valence-electron chi connectivity index (χ3n) is 6.22. The van der Waals surface area contributed by atoms with Gasteiger partial charge in [0.15, 0.2) is 0 Å². The van der Waals surface area contributed by atoms with Crippen molar-refractivity contribution < 1.29 is 9.13 Å². The molecule has 1 aromatic carbocycles. The van der Waals surface area contributed by atoms with Crippen LogP contribution < -0.4 is 4.74 Å². The largest absolute Gasteiger partial charge is 0.490 e. The van der Waals surface area contributed by atoms with Crippen molar-refractivity contribution in [2.24, 2.45) is 11.8 Å². The maximum absolute atomic E-state index is 14.1. The molecule has 0 N–H and O–H groups in total. The van der Waals surface area contributed by atoms with Gasteiger partial charge in [-0.1, -0.05) is 52.4 Å². The number of ether oxygens (including phenoxy) is 1. The molecule has 3 rings (SSSR count). The molecule has 0 spiro atoms. The minimum Gasteiger partial charge on any atom is -0.490 e. The highest BCUT2D eigenvalue weighted by Gasteiger charge is 2.31. The van der Waals surface area contributed by atoms with Crippen LogP contribution in [-0.4, -0.2) is 6.10 Å². The lowest BCUT2D eigenvalue weighted by Crippen LogP contribution is -2.33. The highest BCUT2D eigenvalue weighted by atomic mass is 19.1. The van der Waals surface area contributed by atoms with Crippen LogP contribution in [0.1, 0.15) is 82.8 Å². The molecule has 0 radical (unpaired) electrons. The van der Waals surface area contributed by atoms with Gasteiger partial charge in [-0.15, -0.1) is 0 Å². The zero-order valence-corrected chi connectivity index (χ0v) is 15.5. The Hall–Kier alpha value is -1.05. The number of rotatable bonds is 6. The van der Waals surface area contributed by atoms with Gasteiger partial charge in [-0.2, -0.15) is 0 Å². The van der Waals surface area contributed by atoms with Gasteiger partial charge in [0.1, 0.15) is 17.7 Å². The Balaban J connectivity index is 1.54. The second-order valence-corrected chi connectivity index (χ2v) is 7.88. The molecule has 2 aliphatic rings. The fourth-order valence-corrected chi connectivity index (χ4v) is 4.61. The second kappa shape index (κ2) is 8.36. The number of halogens is 1. The Morgan fingerprint density at radius 2 is 1.83 bits per heavy atom. The molecular weight excluding hydrogens is 299 g/mol. The van der Waals surface area contributed by atoms with E-state index in [2.05, 4.69) is 6.92 Å². The SMILES string of the molecule is CCCCCC1CCC(C2CCc3cc(CC)c(F)cc3O2)CC1. The molecule has 24 heavy (non-hydrogen) atoms. The van der Waals surface area contributed by atoms with Gasteiger partial charge >= 0.3 is 0 Å². The summed E-state index contributed by atoms with van der Waals surface area (Å²) in [5.41, 5.74) is 2.03. The summed E-state index contributed by atoms with van der Waals surface area (Å²) >= 11 is 0. The van der Waals surface area contributed by atoms with Crippen LogP contribution in [0.4, 0.5) is 4.39 Å². The molecular formula is C22H33FO. The van der Waals surface area contributed by atoms with Crippen LogP contribution in [0.15, 0.2) is 12.1 Å².